The van der Waals surface area contributed by atoms with Gasteiger partial charge in [-0.05, 0) is 30.7 Å². The van der Waals surface area contributed by atoms with E-state index >= 15 is 0 Å². The first-order chi connectivity index (χ1) is 7.90. The van der Waals surface area contributed by atoms with E-state index < -0.39 is 11.9 Å². The summed E-state index contributed by atoms with van der Waals surface area (Å²) in [5.41, 5.74) is 10.9. The van der Waals surface area contributed by atoms with Crippen molar-refractivity contribution in [2.45, 2.75) is 45.6 Å². The van der Waals surface area contributed by atoms with Crippen LogP contribution in [0.2, 0.25) is 0 Å². The second-order valence-corrected chi connectivity index (χ2v) is 5.43. The molecule has 98 valence electrons. The molecule has 0 spiro atoms. The standard InChI is InChI=1S/C12H23N3O2/c1-8(2)10(11(14)17)15-9(16)6-12(7-13)4-3-5-12/h8,10H,3-7,13H2,1-2H3,(H2,14,17)(H,15,16). The molecule has 0 saturated heterocycles. The summed E-state index contributed by atoms with van der Waals surface area (Å²) in [6.07, 6.45) is 3.54. The summed E-state index contributed by atoms with van der Waals surface area (Å²) in [6.45, 7) is 4.25. The smallest absolute Gasteiger partial charge is 0.240 e. The second kappa shape index (κ2) is 5.49. The van der Waals surface area contributed by atoms with Crippen LogP contribution in [0.1, 0.15) is 39.5 Å². The van der Waals surface area contributed by atoms with Crippen LogP contribution in [0, 0.1) is 11.3 Å². The Hall–Kier alpha value is -1.10. The minimum atomic E-state index is -0.586. The van der Waals surface area contributed by atoms with E-state index in [0.717, 1.165) is 19.3 Å². The molecular weight excluding hydrogens is 218 g/mol. The fourth-order valence-corrected chi connectivity index (χ4v) is 2.26. The van der Waals surface area contributed by atoms with Crippen molar-refractivity contribution in [2.75, 3.05) is 6.54 Å². The van der Waals surface area contributed by atoms with Crippen LogP contribution in [-0.4, -0.2) is 24.4 Å². The molecule has 2 amide bonds. The highest BCUT2D eigenvalue weighted by Crippen LogP contribution is 2.42. The highest BCUT2D eigenvalue weighted by Gasteiger charge is 2.38. The van der Waals surface area contributed by atoms with Crippen molar-refractivity contribution in [1.82, 2.24) is 5.32 Å². The van der Waals surface area contributed by atoms with Crippen LogP contribution >= 0.6 is 0 Å². The maximum absolute atomic E-state index is 11.9. The Morgan fingerprint density at radius 1 is 1.35 bits per heavy atom. The number of nitrogens with two attached hydrogens (primary N) is 2. The third kappa shape index (κ3) is 3.43. The zero-order chi connectivity index (χ0) is 13.1. The largest absolute Gasteiger partial charge is 0.368 e. The molecule has 17 heavy (non-hydrogen) atoms. The van der Waals surface area contributed by atoms with Gasteiger partial charge in [0.05, 0.1) is 0 Å². The van der Waals surface area contributed by atoms with Crippen LogP contribution in [0.25, 0.3) is 0 Å². The van der Waals surface area contributed by atoms with E-state index in [1.54, 1.807) is 0 Å². The molecule has 5 heteroatoms. The summed E-state index contributed by atoms with van der Waals surface area (Å²) in [7, 11) is 0. The van der Waals surface area contributed by atoms with Crippen molar-refractivity contribution in [3.05, 3.63) is 0 Å². The molecule has 5 nitrogen and oxygen atoms in total. The number of hydrogen-bond donors (Lipinski definition) is 3. The summed E-state index contributed by atoms with van der Waals surface area (Å²) < 4.78 is 0. The maximum Gasteiger partial charge on any atom is 0.240 e. The quantitative estimate of drug-likeness (QED) is 0.616. The number of nitrogens with one attached hydrogen (secondary N) is 1. The van der Waals surface area contributed by atoms with Crippen molar-refractivity contribution in [3.8, 4) is 0 Å². The van der Waals surface area contributed by atoms with E-state index in [1.165, 1.54) is 0 Å². The van der Waals surface area contributed by atoms with E-state index in [2.05, 4.69) is 5.32 Å². The predicted molar refractivity (Wildman–Crippen MR) is 65.9 cm³/mol. The van der Waals surface area contributed by atoms with E-state index in [0.29, 0.717) is 13.0 Å². The molecule has 0 radical (unpaired) electrons. The van der Waals surface area contributed by atoms with E-state index in [9.17, 15) is 9.59 Å². The Labute approximate surface area is 102 Å². The highest BCUT2D eigenvalue weighted by molar-refractivity contribution is 5.87. The second-order valence-electron chi connectivity index (χ2n) is 5.43. The molecule has 1 atom stereocenters. The van der Waals surface area contributed by atoms with Crippen LogP contribution < -0.4 is 16.8 Å². The van der Waals surface area contributed by atoms with Crippen molar-refractivity contribution < 1.29 is 9.59 Å². The molecule has 0 heterocycles. The van der Waals surface area contributed by atoms with E-state index in [1.807, 2.05) is 13.8 Å². The summed E-state index contributed by atoms with van der Waals surface area (Å²) in [5.74, 6) is -0.594. The van der Waals surface area contributed by atoms with Crippen molar-refractivity contribution >= 4 is 11.8 Å². The molecule has 0 aliphatic heterocycles. The number of primary amides is 1. The highest BCUT2D eigenvalue weighted by atomic mass is 16.2. The van der Waals surface area contributed by atoms with Gasteiger partial charge in [0.15, 0.2) is 0 Å². The molecule has 0 aromatic rings. The minimum Gasteiger partial charge on any atom is -0.368 e. The molecule has 0 aromatic heterocycles. The Bertz CT molecular complexity index is 293. The number of amides is 2. The molecule has 1 saturated carbocycles. The zero-order valence-electron chi connectivity index (χ0n) is 10.7. The van der Waals surface area contributed by atoms with E-state index in [-0.39, 0.29) is 17.2 Å². The van der Waals surface area contributed by atoms with Crippen molar-refractivity contribution in [2.24, 2.45) is 22.8 Å². The van der Waals surface area contributed by atoms with Crippen LogP contribution in [0.4, 0.5) is 0 Å². The third-order valence-corrected chi connectivity index (χ3v) is 3.67. The van der Waals surface area contributed by atoms with Gasteiger partial charge < -0.3 is 16.8 Å². The fourth-order valence-electron chi connectivity index (χ4n) is 2.26. The topological polar surface area (TPSA) is 98.2 Å². The zero-order valence-corrected chi connectivity index (χ0v) is 10.7. The first kappa shape index (κ1) is 14.0. The number of carbonyl (C=O) groups is 2. The average molecular weight is 241 g/mol. The van der Waals surface area contributed by atoms with Gasteiger partial charge in [-0.15, -0.1) is 0 Å². The van der Waals surface area contributed by atoms with Gasteiger partial charge in [0.2, 0.25) is 11.8 Å². The number of hydrogen-bond acceptors (Lipinski definition) is 3. The van der Waals surface area contributed by atoms with Crippen molar-refractivity contribution in [1.29, 1.82) is 0 Å². The molecule has 1 unspecified atom stereocenters. The van der Waals surface area contributed by atoms with Gasteiger partial charge in [-0.3, -0.25) is 9.59 Å². The Morgan fingerprint density at radius 3 is 2.24 bits per heavy atom. The third-order valence-electron chi connectivity index (χ3n) is 3.67. The van der Waals surface area contributed by atoms with Gasteiger partial charge in [-0.1, -0.05) is 20.3 Å². The average Bonchev–Trinajstić information content (AvgIpc) is 2.19. The first-order valence-corrected chi connectivity index (χ1v) is 6.19. The summed E-state index contributed by atoms with van der Waals surface area (Å²) in [4.78, 5) is 23.0. The molecule has 1 rings (SSSR count). The van der Waals surface area contributed by atoms with Gasteiger partial charge in [0, 0.05) is 6.42 Å². The van der Waals surface area contributed by atoms with Crippen LogP contribution in [-0.2, 0) is 9.59 Å². The predicted octanol–water partition coefficient (Wildman–Crippen LogP) is 0.132. The van der Waals surface area contributed by atoms with Gasteiger partial charge in [0.25, 0.3) is 0 Å². The van der Waals surface area contributed by atoms with Gasteiger partial charge in [-0.2, -0.15) is 0 Å². The molecule has 0 aromatic carbocycles. The number of carbonyl (C=O) groups excluding carboxylic acids is 2. The molecule has 0 bridgehead atoms. The first-order valence-electron chi connectivity index (χ1n) is 6.19. The maximum atomic E-state index is 11.9. The van der Waals surface area contributed by atoms with Crippen LogP contribution in [0.3, 0.4) is 0 Å². The normalized spacial score (nSPS) is 19.5. The molecular formula is C12H23N3O2. The van der Waals surface area contributed by atoms with Gasteiger partial charge >= 0.3 is 0 Å². The van der Waals surface area contributed by atoms with Crippen molar-refractivity contribution in [3.63, 3.8) is 0 Å². The van der Waals surface area contributed by atoms with Crippen LogP contribution in [0.15, 0.2) is 0 Å². The Morgan fingerprint density at radius 2 is 1.94 bits per heavy atom. The fraction of sp³-hybridized carbons (Fsp3) is 0.833. The summed E-state index contributed by atoms with van der Waals surface area (Å²) in [6, 6.07) is -0.586. The molecule has 5 N–H and O–H groups in total. The minimum absolute atomic E-state index is 0.00617. The van der Waals surface area contributed by atoms with Gasteiger partial charge in [-0.25, -0.2) is 0 Å². The molecule has 1 aliphatic carbocycles. The number of rotatable bonds is 6. The Balaban J connectivity index is 2.50. The summed E-state index contributed by atoms with van der Waals surface area (Å²) >= 11 is 0. The SMILES string of the molecule is CC(C)C(NC(=O)CC1(CN)CCC1)C(N)=O. The lowest BCUT2D eigenvalue weighted by molar-refractivity contribution is -0.130. The molecule has 1 aliphatic rings. The lowest BCUT2D eigenvalue weighted by atomic mass is 9.66. The Kier molecular flexibility index (Phi) is 4.51. The summed E-state index contributed by atoms with van der Waals surface area (Å²) in [5, 5.41) is 2.71. The monoisotopic (exact) mass is 241 g/mol. The van der Waals surface area contributed by atoms with Crippen LogP contribution in [0.5, 0.6) is 0 Å². The molecule has 1 fully saturated rings. The lowest BCUT2D eigenvalue weighted by Gasteiger charge is -2.40. The lowest BCUT2D eigenvalue weighted by Crippen LogP contribution is -2.50. The van der Waals surface area contributed by atoms with E-state index in [4.69, 9.17) is 11.5 Å². The van der Waals surface area contributed by atoms with Gasteiger partial charge in [0.1, 0.15) is 6.04 Å².